The maximum atomic E-state index is 4.77. The summed E-state index contributed by atoms with van der Waals surface area (Å²) in [5.41, 5.74) is 0. The molecule has 3 aliphatic carbocycles. The van der Waals surface area contributed by atoms with E-state index >= 15 is 0 Å². The summed E-state index contributed by atoms with van der Waals surface area (Å²) in [6.45, 7) is 0. The van der Waals surface area contributed by atoms with Gasteiger partial charge in [0.2, 0.25) is 0 Å². The highest BCUT2D eigenvalue weighted by molar-refractivity contribution is 5.83. The van der Waals surface area contributed by atoms with Gasteiger partial charge in [0, 0.05) is 24.3 Å². The lowest BCUT2D eigenvalue weighted by molar-refractivity contribution is 0.390. The van der Waals surface area contributed by atoms with E-state index in [-0.39, 0.29) is 0 Å². The highest BCUT2D eigenvalue weighted by Gasteiger charge is 2.25. The molecular formula is C18H20N2. The smallest absolute Gasteiger partial charge is 0.0719 e. The highest BCUT2D eigenvalue weighted by atomic mass is 14.9. The van der Waals surface area contributed by atoms with Gasteiger partial charge in [-0.3, -0.25) is 9.98 Å². The van der Waals surface area contributed by atoms with E-state index in [1.165, 1.54) is 24.7 Å². The Hall–Kier alpha value is -0.660. The van der Waals surface area contributed by atoms with Gasteiger partial charge in [0.15, 0.2) is 0 Å². The van der Waals surface area contributed by atoms with Crippen molar-refractivity contribution >= 4 is 12.4 Å². The fourth-order valence-electron chi connectivity index (χ4n) is 2.75. The van der Waals surface area contributed by atoms with E-state index in [0.29, 0.717) is 12.1 Å². The number of rotatable bonds is 4. The summed E-state index contributed by atoms with van der Waals surface area (Å²) in [4.78, 5) is 9.54. The summed E-state index contributed by atoms with van der Waals surface area (Å²) in [5.74, 6) is 2.38. The Morgan fingerprint density at radius 3 is 1.50 bits per heavy atom. The van der Waals surface area contributed by atoms with Gasteiger partial charge in [0.25, 0.3) is 0 Å². The topological polar surface area (TPSA) is 24.7 Å². The van der Waals surface area contributed by atoms with Crippen molar-refractivity contribution in [2.24, 2.45) is 9.98 Å². The third-order valence-corrected chi connectivity index (χ3v) is 3.90. The lowest BCUT2D eigenvalue weighted by Crippen LogP contribution is -2.27. The minimum absolute atomic E-state index is 0.338. The standard InChI is InChI=1S/C18H20N2/c1-2-8-15(7-1)13-19-17-11-5-6-12-18(17)20-14-16-9-3-4-10-16/h1-4,7-10,13-14,17-18H,5-6,11-12H2/t17-,18-/m1/s1. The molecule has 0 aromatic rings. The molecule has 0 heterocycles. The molecule has 0 N–H and O–H groups in total. The molecule has 3 fully saturated rings. The Labute approximate surface area is 124 Å². The van der Waals surface area contributed by atoms with Crippen molar-refractivity contribution in [2.75, 3.05) is 0 Å². The lowest BCUT2D eigenvalue weighted by Gasteiger charge is -2.26. The van der Waals surface area contributed by atoms with Crippen molar-refractivity contribution in [1.29, 1.82) is 0 Å². The van der Waals surface area contributed by atoms with E-state index in [1.807, 2.05) is 38.1 Å². The van der Waals surface area contributed by atoms with Crippen LogP contribution in [0.4, 0.5) is 0 Å². The molecule has 3 rings (SSSR count). The highest BCUT2D eigenvalue weighted by Crippen LogP contribution is 2.27. The van der Waals surface area contributed by atoms with E-state index in [2.05, 4.69) is 25.7 Å². The largest absolute Gasteiger partial charge is 0.291 e. The molecule has 0 saturated heterocycles. The molecule has 0 amide bonds. The molecule has 10 radical (unpaired) electrons. The number of hydrogen-bond donors (Lipinski definition) is 0. The fourth-order valence-corrected chi connectivity index (χ4v) is 2.75. The van der Waals surface area contributed by atoms with Crippen molar-refractivity contribution in [2.45, 2.75) is 37.8 Å². The van der Waals surface area contributed by atoms with Gasteiger partial charge in [-0.2, -0.15) is 0 Å². The molecule has 0 aliphatic heterocycles. The van der Waals surface area contributed by atoms with Crippen LogP contribution in [0.3, 0.4) is 0 Å². The van der Waals surface area contributed by atoms with Crippen LogP contribution >= 0.6 is 0 Å². The van der Waals surface area contributed by atoms with Crippen molar-refractivity contribution < 1.29 is 0 Å². The predicted molar refractivity (Wildman–Crippen MR) is 83.9 cm³/mol. The molecule has 2 heteroatoms. The van der Waals surface area contributed by atoms with E-state index in [4.69, 9.17) is 9.98 Å². The summed E-state index contributed by atoms with van der Waals surface area (Å²) >= 11 is 0. The molecule has 102 valence electrons. The number of aliphatic imine (C=N–C) groups is 2. The third kappa shape index (κ3) is 3.93. The average Bonchev–Trinajstić information content (AvgIpc) is 3.17. The molecule has 2 atom stereocenters. The Morgan fingerprint density at radius 1 is 0.700 bits per heavy atom. The van der Waals surface area contributed by atoms with Gasteiger partial charge >= 0.3 is 0 Å². The molecular weight excluding hydrogens is 244 g/mol. The monoisotopic (exact) mass is 264 g/mol. The molecule has 0 bridgehead atoms. The molecule has 0 aromatic heterocycles. The molecule has 0 unspecified atom stereocenters. The van der Waals surface area contributed by atoms with Crippen LogP contribution in [0.25, 0.3) is 0 Å². The average molecular weight is 264 g/mol. The zero-order valence-corrected chi connectivity index (χ0v) is 11.7. The summed E-state index contributed by atoms with van der Waals surface area (Å²) in [7, 11) is 0. The van der Waals surface area contributed by atoms with Crippen LogP contribution in [0.5, 0.6) is 0 Å². The van der Waals surface area contributed by atoms with E-state index in [9.17, 15) is 0 Å². The van der Waals surface area contributed by atoms with E-state index in [1.54, 1.807) is 0 Å². The Kier molecular flexibility index (Phi) is 5.27. The van der Waals surface area contributed by atoms with E-state index < -0.39 is 0 Å². The van der Waals surface area contributed by atoms with Crippen LogP contribution < -0.4 is 0 Å². The number of hydrogen-bond acceptors (Lipinski definition) is 2. The Bertz CT molecular complexity index is 301. The maximum absolute atomic E-state index is 4.77. The fraction of sp³-hybridized carbons (Fsp3) is 0.333. The van der Waals surface area contributed by atoms with Crippen LogP contribution in [0.15, 0.2) is 9.98 Å². The van der Waals surface area contributed by atoms with Crippen molar-refractivity contribution in [3.05, 3.63) is 63.2 Å². The Morgan fingerprint density at radius 2 is 1.10 bits per heavy atom. The second-order valence-corrected chi connectivity index (χ2v) is 5.41. The molecule has 20 heavy (non-hydrogen) atoms. The van der Waals surface area contributed by atoms with Gasteiger partial charge < -0.3 is 0 Å². The SMILES string of the molecule is [CH]1[CH][CH][C](C=N[C@@H]2CCCC[C@H]2N=C[C]2[CH][CH][CH][CH]2)[CH]1. The van der Waals surface area contributed by atoms with Gasteiger partial charge in [-0.25, -0.2) is 0 Å². The van der Waals surface area contributed by atoms with Gasteiger partial charge in [0.1, 0.15) is 0 Å². The quantitative estimate of drug-likeness (QED) is 0.696. The first-order valence-electron chi connectivity index (χ1n) is 7.41. The van der Waals surface area contributed by atoms with Crippen molar-refractivity contribution in [3.8, 4) is 0 Å². The summed E-state index contributed by atoms with van der Waals surface area (Å²) < 4.78 is 0. The first-order valence-corrected chi connectivity index (χ1v) is 7.41. The third-order valence-electron chi connectivity index (χ3n) is 3.90. The van der Waals surface area contributed by atoms with Crippen LogP contribution in [0.1, 0.15) is 25.7 Å². The van der Waals surface area contributed by atoms with Crippen LogP contribution in [-0.4, -0.2) is 24.5 Å². The van der Waals surface area contributed by atoms with Gasteiger partial charge in [-0.1, -0.05) is 12.8 Å². The first-order chi connectivity index (χ1) is 9.92. The Balaban J connectivity index is 1.55. The summed E-state index contributed by atoms with van der Waals surface area (Å²) in [5, 5.41) is 0. The molecule has 3 saturated carbocycles. The molecule has 0 aromatic carbocycles. The minimum Gasteiger partial charge on any atom is -0.291 e. The van der Waals surface area contributed by atoms with Gasteiger partial charge in [0.05, 0.1) is 12.1 Å². The minimum atomic E-state index is 0.338. The molecule has 3 aliphatic rings. The lowest BCUT2D eigenvalue weighted by atomic mass is 9.91. The second kappa shape index (κ2) is 7.38. The summed E-state index contributed by atoms with van der Waals surface area (Å²) in [6, 6.07) is 0.676. The number of nitrogens with zero attached hydrogens (tertiary/aromatic N) is 2. The first kappa shape index (κ1) is 14.3. The zero-order valence-electron chi connectivity index (χ0n) is 11.7. The maximum Gasteiger partial charge on any atom is 0.0719 e. The van der Waals surface area contributed by atoms with Crippen LogP contribution in [0.2, 0.25) is 0 Å². The van der Waals surface area contributed by atoms with Gasteiger partial charge in [-0.15, -0.1) is 0 Å². The normalized spacial score (nSPS) is 33.8. The van der Waals surface area contributed by atoms with Crippen molar-refractivity contribution in [1.82, 2.24) is 0 Å². The summed E-state index contributed by atoms with van der Waals surface area (Å²) in [6.07, 6.45) is 25.4. The zero-order chi connectivity index (χ0) is 13.6. The second-order valence-electron chi connectivity index (χ2n) is 5.41. The van der Waals surface area contributed by atoms with Crippen LogP contribution in [-0.2, 0) is 0 Å². The molecule has 0 spiro atoms. The van der Waals surface area contributed by atoms with E-state index in [0.717, 1.165) is 12.8 Å². The van der Waals surface area contributed by atoms with Crippen molar-refractivity contribution in [3.63, 3.8) is 0 Å². The predicted octanol–water partition coefficient (Wildman–Crippen LogP) is 3.25. The van der Waals surface area contributed by atoms with Gasteiger partial charge in [-0.05, 0) is 64.2 Å². The van der Waals surface area contributed by atoms with Crippen LogP contribution in [0, 0.1) is 63.2 Å². The molecule has 2 nitrogen and oxygen atoms in total.